The molecule has 1 saturated heterocycles. The molecule has 3 rings (SSSR count). The summed E-state index contributed by atoms with van der Waals surface area (Å²) >= 11 is 0. The number of nitrogens with one attached hydrogen (secondary N) is 2. The minimum absolute atomic E-state index is 0.0382. The van der Waals surface area contributed by atoms with Crippen LogP contribution in [0, 0.1) is 5.82 Å². The molecule has 1 aliphatic rings. The van der Waals surface area contributed by atoms with E-state index < -0.39 is 47.8 Å². The van der Waals surface area contributed by atoms with Gasteiger partial charge in [0.15, 0.2) is 0 Å². The average molecular weight is 520 g/mol. The molecule has 2 N–H and O–H groups in total. The third kappa shape index (κ3) is 8.19. The van der Waals surface area contributed by atoms with E-state index in [1.807, 2.05) is 0 Å². The Bertz CT molecular complexity index is 968. The van der Waals surface area contributed by atoms with E-state index in [1.54, 1.807) is 0 Å². The number of hydrogen-bond donors (Lipinski definition) is 2. The van der Waals surface area contributed by atoms with Crippen molar-refractivity contribution in [3.8, 4) is 0 Å². The Morgan fingerprint density at radius 2 is 1.47 bits per heavy atom. The van der Waals surface area contributed by atoms with Gasteiger partial charge >= 0.3 is 12.4 Å². The van der Waals surface area contributed by atoms with Crippen LogP contribution in [0.15, 0.2) is 42.5 Å². The molecule has 0 aliphatic carbocycles. The van der Waals surface area contributed by atoms with Crippen molar-refractivity contribution in [2.75, 3.05) is 26.2 Å². The van der Waals surface area contributed by atoms with Gasteiger partial charge in [-0.1, -0.05) is 18.6 Å². The van der Waals surface area contributed by atoms with Crippen molar-refractivity contribution in [3.05, 3.63) is 70.5 Å². The van der Waals surface area contributed by atoms with Gasteiger partial charge in [0.05, 0.1) is 11.1 Å². The first-order valence-electron chi connectivity index (χ1n) is 11.7. The van der Waals surface area contributed by atoms with E-state index in [0.29, 0.717) is 24.2 Å². The molecule has 0 unspecified atom stereocenters. The third-order valence-corrected chi connectivity index (χ3v) is 6.03. The van der Waals surface area contributed by atoms with Gasteiger partial charge < -0.3 is 15.5 Å². The third-order valence-electron chi connectivity index (χ3n) is 6.03. The van der Waals surface area contributed by atoms with E-state index >= 15 is 0 Å². The summed E-state index contributed by atoms with van der Waals surface area (Å²) in [6.07, 6.45) is -5.75. The monoisotopic (exact) mass is 519 g/mol. The highest BCUT2D eigenvalue weighted by Crippen LogP contribution is 2.36. The number of benzene rings is 2. The van der Waals surface area contributed by atoms with Crippen molar-refractivity contribution in [2.24, 2.45) is 0 Å². The fraction of sp³-hybridized carbons (Fsp3) is 0.480. The van der Waals surface area contributed by atoms with Crippen molar-refractivity contribution >= 4 is 5.91 Å². The van der Waals surface area contributed by atoms with Gasteiger partial charge in [-0.05, 0) is 86.9 Å². The number of alkyl halides is 6. The molecule has 0 radical (unpaired) electrons. The topological polar surface area (TPSA) is 44.4 Å². The fourth-order valence-corrected chi connectivity index (χ4v) is 4.16. The van der Waals surface area contributed by atoms with Crippen LogP contribution < -0.4 is 10.6 Å². The van der Waals surface area contributed by atoms with Gasteiger partial charge in [0, 0.05) is 6.54 Å². The molecule has 11 heteroatoms. The van der Waals surface area contributed by atoms with E-state index in [0.717, 1.165) is 38.9 Å². The molecule has 1 atom stereocenters. The Balaban J connectivity index is 1.69. The number of carbonyl (C=O) groups excluding carboxylic acids is 1. The Hall–Kier alpha value is -2.66. The molecule has 198 valence electrons. The highest BCUT2D eigenvalue weighted by molar-refractivity contribution is 5.83. The van der Waals surface area contributed by atoms with Crippen LogP contribution in [0.5, 0.6) is 0 Å². The molecular formula is C25H28F7N3O. The molecule has 1 fully saturated rings. The van der Waals surface area contributed by atoms with E-state index in [9.17, 15) is 35.5 Å². The van der Waals surface area contributed by atoms with Crippen molar-refractivity contribution in [2.45, 2.75) is 50.6 Å². The Morgan fingerprint density at radius 3 is 2.03 bits per heavy atom. The van der Waals surface area contributed by atoms with Gasteiger partial charge in [0.25, 0.3) is 0 Å². The molecule has 1 amide bonds. The second-order valence-corrected chi connectivity index (χ2v) is 8.83. The number of likely N-dealkylation sites (tertiary alicyclic amines) is 1. The summed E-state index contributed by atoms with van der Waals surface area (Å²) in [6, 6.07) is 5.40. The maximum Gasteiger partial charge on any atom is 0.416 e. The molecule has 0 saturated carbocycles. The quantitative estimate of drug-likeness (QED) is 0.331. The molecular weight excluding hydrogens is 491 g/mol. The van der Waals surface area contributed by atoms with Crippen LogP contribution in [0.25, 0.3) is 0 Å². The van der Waals surface area contributed by atoms with Crippen LogP contribution >= 0.6 is 0 Å². The van der Waals surface area contributed by atoms with E-state index in [2.05, 4.69) is 15.5 Å². The predicted molar refractivity (Wildman–Crippen MR) is 120 cm³/mol. The van der Waals surface area contributed by atoms with Crippen LogP contribution in [0.2, 0.25) is 0 Å². The zero-order valence-electron chi connectivity index (χ0n) is 19.5. The number of nitrogens with zero attached hydrogens (tertiary/aromatic N) is 1. The van der Waals surface area contributed by atoms with Gasteiger partial charge in [0.1, 0.15) is 11.9 Å². The SMILES string of the molecule is O=C(NCc1cc(C(F)(F)F)cc(C(F)(F)F)c1)[C@@H](NCCCN1CCCCC1)c1ccc(F)cc1. The smallest absolute Gasteiger partial charge is 0.350 e. The lowest BCUT2D eigenvalue weighted by molar-refractivity contribution is -0.143. The lowest BCUT2D eigenvalue weighted by atomic mass is 10.0. The largest absolute Gasteiger partial charge is 0.416 e. The van der Waals surface area contributed by atoms with Gasteiger partial charge in [-0.25, -0.2) is 4.39 Å². The van der Waals surface area contributed by atoms with Crippen molar-refractivity contribution in [1.82, 2.24) is 15.5 Å². The lowest BCUT2D eigenvalue weighted by Crippen LogP contribution is -2.39. The maximum absolute atomic E-state index is 13.4. The lowest BCUT2D eigenvalue weighted by Gasteiger charge is -2.26. The number of rotatable bonds is 9. The number of amides is 1. The first kappa shape index (κ1) is 27.9. The Labute approximate surface area is 204 Å². The first-order valence-corrected chi connectivity index (χ1v) is 11.7. The second kappa shape index (κ2) is 12.1. The Kier molecular flexibility index (Phi) is 9.35. The fourth-order valence-electron chi connectivity index (χ4n) is 4.16. The first-order chi connectivity index (χ1) is 16.9. The molecule has 1 heterocycles. The summed E-state index contributed by atoms with van der Waals surface area (Å²) in [7, 11) is 0. The number of carbonyl (C=O) groups is 1. The van der Waals surface area contributed by atoms with Gasteiger partial charge in [-0.3, -0.25) is 4.79 Å². The molecule has 2 aromatic carbocycles. The van der Waals surface area contributed by atoms with Crippen molar-refractivity contribution < 1.29 is 35.5 Å². The highest BCUT2D eigenvalue weighted by atomic mass is 19.4. The number of hydrogen-bond acceptors (Lipinski definition) is 3. The second-order valence-electron chi connectivity index (χ2n) is 8.83. The molecule has 1 aliphatic heterocycles. The summed E-state index contributed by atoms with van der Waals surface area (Å²) in [5, 5.41) is 5.50. The molecule has 0 spiro atoms. The van der Waals surface area contributed by atoms with Crippen molar-refractivity contribution in [1.29, 1.82) is 0 Å². The van der Waals surface area contributed by atoms with Crippen LogP contribution in [0.1, 0.15) is 54.0 Å². The van der Waals surface area contributed by atoms with Gasteiger partial charge in [-0.2, -0.15) is 26.3 Å². The summed E-state index contributed by atoms with van der Waals surface area (Å²) in [6.45, 7) is 2.75. The minimum atomic E-state index is -4.98. The van der Waals surface area contributed by atoms with Crippen LogP contribution in [-0.2, 0) is 23.7 Å². The van der Waals surface area contributed by atoms with Crippen LogP contribution in [0.4, 0.5) is 30.7 Å². The van der Waals surface area contributed by atoms with E-state index in [-0.39, 0.29) is 11.6 Å². The summed E-state index contributed by atoms with van der Waals surface area (Å²) < 4.78 is 92.1. The molecule has 4 nitrogen and oxygen atoms in total. The molecule has 2 aromatic rings. The standard InChI is InChI=1S/C25H28F7N3O/c26-21-7-5-18(6-8-21)22(33-9-4-12-35-10-2-1-3-11-35)23(36)34-16-17-13-19(24(27,28)29)15-20(14-17)25(30,31)32/h5-8,13-15,22,33H,1-4,9-12,16H2,(H,34,36)/t22-/m0/s1. The predicted octanol–water partition coefficient (Wildman–Crippen LogP) is 5.69. The van der Waals surface area contributed by atoms with Crippen LogP contribution in [-0.4, -0.2) is 37.0 Å². The Morgan fingerprint density at radius 1 is 0.889 bits per heavy atom. The van der Waals surface area contributed by atoms with E-state index in [4.69, 9.17) is 0 Å². The van der Waals surface area contributed by atoms with Gasteiger partial charge in [0.2, 0.25) is 5.91 Å². The zero-order valence-corrected chi connectivity index (χ0v) is 19.5. The number of piperidine rings is 1. The number of halogens is 7. The minimum Gasteiger partial charge on any atom is -0.350 e. The maximum atomic E-state index is 13.4. The summed E-state index contributed by atoms with van der Waals surface area (Å²) in [5.74, 6) is -1.16. The molecule has 0 bridgehead atoms. The van der Waals surface area contributed by atoms with Crippen LogP contribution in [0.3, 0.4) is 0 Å². The van der Waals surface area contributed by atoms with Gasteiger partial charge in [-0.15, -0.1) is 0 Å². The highest BCUT2D eigenvalue weighted by Gasteiger charge is 2.37. The summed E-state index contributed by atoms with van der Waals surface area (Å²) in [4.78, 5) is 15.3. The zero-order chi connectivity index (χ0) is 26.3. The molecule has 0 aromatic heterocycles. The normalized spacial score (nSPS) is 16.1. The van der Waals surface area contributed by atoms with Crippen molar-refractivity contribution in [3.63, 3.8) is 0 Å². The van der Waals surface area contributed by atoms with E-state index in [1.165, 1.54) is 30.7 Å². The average Bonchev–Trinajstić information content (AvgIpc) is 2.83. The summed E-state index contributed by atoms with van der Waals surface area (Å²) in [5.41, 5.74) is -2.82. The molecule has 36 heavy (non-hydrogen) atoms.